The number of benzene rings is 1. The van der Waals surface area contributed by atoms with Gasteiger partial charge in [-0.15, -0.1) is 0 Å². The average molecular weight is 315 g/mol. The molecule has 0 radical (unpaired) electrons. The van der Waals surface area contributed by atoms with Gasteiger partial charge in [0.1, 0.15) is 0 Å². The summed E-state index contributed by atoms with van der Waals surface area (Å²) < 4.78 is 0. The van der Waals surface area contributed by atoms with Crippen LogP contribution in [0.5, 0.6) is 0 Å². The quantitative estimate of drug-likeness (QED) is 0.856. The fourth-order valence-electron chi connectivity index (χ4n) is 4.21. The maximum absolute atomic E-state index is 12.4. The second kappa shape index (κ2) is 7.96. The van der Waals surface area contributed by atoms with E-state index >= 15 is 0 Å². The molecule has 0 spiro atoms. The standard InChI is InChI=1S/C20H30N2O/c1-16(20(23)21-19-9-5-6-10-19)22-13-11-18(12-14-22)15-17-7-3-2-4-8-17/h2-4,7-8,16,18-19H,5-6,9-15H2,1H3,(H,21,23)/p+1/t16-/m1/s1. The predicted molar refractivity (Wildman–Crippen MR) is 93.4 cm³/mol. The molecular weight excluding hydrogens is 284 g/mol. The van der Waals surface area contributed by atoms with Gasteiger partial charge < -0.3 is 10.2 Å². The van der Waals surface area contributed by atoms with E-state index in [2.05, 4.69) is 42.6 Å². The highest BCUT2D eigenvalue weighted by atomic mass is 16.2. The molecule has 0 unspecified atom stereocenters. The van der Waals surface area contributed by atoms with Gasteiger partial charge in [-0.05, 0) is 50.5 Å². The molecule has 3 nitrogen and oxygen atoms in total. The molecule has 2 aliphatic rings. The van der Waals surface area contributed by atoms with Crippen molar-refractivity contribution >= 4 is 5.91 Å². The minimum absolute atomic E-state index is 0.105. The maximum Gasteiger partial charge on any atom is 0.278 e. The number of nitrogens with one attached hydrogen (secondary N) is 2. The number of carbonyl (C=O) groups is 1. The van der Waals surface area contributed by atoms with Crippen molar-refractivity contribution in [3.8, 4) is 0 Å². The van der Waals surface area contributed by atoms with Gasteiger partial charge in [0.05, 0.1) is 13.1 Å². The van der Waals surface area contributed by atoms with Crippen LogP contribution in [0.4, 0.5) is 0 Å². The van der Waals surface area contributed by atoms with E-state index in [1.807, 2.05) is 0 Å². The largest absolute Gasteiger partial charge is 0.348 e. The molecule has 126 valence electrons. The Kier molecular flexibility index (Phi) is 5.71. The number of carbonyl (C=O) groups excluding carboxylic acids is 1. The molecule has 1 amide bonds. The Morgan fingerprint density at radius 1 is 1.13 bits per heavy atom. The summed E-state index contributed by atoms with van der Waals surface area (Å²) in [7, 11) is 0. The van der Waals surface area contributed by atoms with Gasteiger partial charge in [-0.25, -0.2) is 0 Å². The van der Waals surface area contributed by atoms with Crippen LogP contribution in [0.2, 0.25) is 0 Å². The maximum atomic E-state index is 12.4. The molecule has 2 N–H and O–H groups in total. The molecule has 0 aromatic heterocycles. The third-order valence-corrected chi connectivity index (χ3v) is 5.82. The fourth-order valence-corrected chi connectivity index (χ4v) is 4.21. The van der Waals surface area contributed by atoms with Gasteiger partial charge in [0, 0.05) is 6.04 Å². The van der Waals surface area contributed by atoms with E-state index in [1.54, 1.807) is 0 Å². The van der Waals surface area contributed by atoms with Crippen LogP contribution in [0, 0.1) is 5.92 Å². The number of likely N-dealkylation sites (tertiary alicyclic amines) is 1. The molecule has 2 fully saturated rings. The lowest BCUT2D eigenvalue weighted by Crippen LogP contribution is -3.17. The number of hydrogen-bond acceptors (Lipinski definition) is 1. The highest BCUT2D eigenvalue weighted by Gasteiger charge is 2.31. The number of hydrogen-bond donors (Lipinski definition) is 2. The third kappa shape index (κ3) is 4.57. The van der Waals surface area contributed by atoms with Gasteiger partial charge in [-0.1, -0.05) is 43.2 Å². The van der Waals surface area contributed by atoms with Gasteiger partial charge >= 0.3 is 0 Å². The van der Waals surface area contributed by atoms with Crippen molar-refractivity contribution in [2.75, 3.05) is 13.1 Å². The lowest BCUT2D eigenvalue weighted by Gasteiger charge is -2.33. The van der Waals surface area contributed by atoms with Crippen molar-refractivity contribution in [2.45, 2.75) is 64.0 Å². The lowest BCUT2D eigenvalue weighted by atomic mass is 9.89. The van der Waals surface area contributed by atoms with Crippen molar-refractivity contribution in [3.63, 3.8) is 0 Å². The molecule has 23 heavy (non-hydrogen) atoms. The molecular formula is C20H31N2O+. The molecule has 1 saturated heterocycles. The van der Waals surface area contributed by atoms with Crippen LogP contribution >= 0.6 is 0 Å². The summed E-state index contributed by atoms with van der Waals surface area (Å²) in [4.78, 5) is 13.9. The molecule has 1 aliphatic heterocycles. The Morgan fingerprint density at radius 3 is 2.43 bits per heavy atom. The molecule has 3 heteroatoms. The molecule has 1 heterocycles. The van der Waals surface area contributed by atoms with Gasteiger partial charge in [-0.3, -0.25) is 4.79 Å². The third-order valence-electron chi connectivity index (χ3n) is 5.82. The van der Waals surface area contributed by atoms with Crippen LogP contribution < -0.4 is 10.2 Å². The lowest BCUT2D eigenvalue weighted by molar-refractivity contribution is -0.920. The summed E-state index contributed by atoms with van der Waals surface area (Å²) >= 11 is 0. The van der Waals surface area contributed by atoms with E-state index in [0.717, 1.165) is 19.0 Å². The summed E-state index contributed by atoms with van der Waals surface area (Å²) in [6.45, 7) is 4.38. The highest BCUT2D eigenvalue weighted by molar-refractivity contribution is 5.80. The SMILES string of the molecule is C[C@H](C(=O)NC1CCCC1)[NH+]1CCC(Cc2ccccc2)CC1. The Bertz CT molecular complexity index is 488. The summed E-state index contributed by atoms with van der Waals surface area (Å²) in [5, 5.41) is 3.27. The van der Waals surface area contributed by atoms with E-state index in [0.29, 0.717) is 6.04 Å². The number of piperidine rings is 1. The van der Waals surface area contributed by atoms with Crippen LogP contribution in [-0.2, 0) is 11.2 Å². The first-order chi connectivity index (χ1) is 11.2. The normalized spacial score (nSPS) is 26.8. The van der Waals surface area contributed by atoms with Crippen molar-refractivity contribution < 1.29 is 9.69 Å². The first kappa shape index (κ1) is 16.5. The van der Waals surface area contributed by atoms with Crippen LogP contribution in [-0.4, -0.2) is 31.1 Å². The Balaban J connectivity index is 1.43. The smallest absolute Gasteiger partial charge is 0.278 e. The molecule has 1 aliphatic carbocycles. The van der Waals surface area contributed by atoms with E-state index in [4.69, 9.17) is 0 Å². The summed E-state index contributed by atoms with van der Waals surface area (Å²) in [5.41, 5.74) is 1.45. The monoisotopic (exact) mass is 315 g/mol. The summed E-state index contributed by atoms with van der Waals surface area (Å²) in [5.74, 6) is 1.06. The van der Waals surface area contributed by atoms with E-state index in [9.17, 15) is 4.79 Å². The highest BCUT2D eigenvalue weighted by Crippen LogP contribution is 2.18. The fraction of sp³-hybridized carbons (Fsp3) is 0.650. The van der Waals surface area contributed by atoms with E-state index in [1.165, 1.54) is 55.4 Å². The second-order valence-corrected chi connectivity index (χ2v) is 7.50. The van der Waals surface area contributed by atoms with Crippen LogP contribution in [0.25, 0.3) is 0 Å². The zero-order chi connectivity index (χ0) is 16.1. The molecule has 0 bridgehead atoms. The number of quaternary nitrogens is 1. The first-order valence-corrected chi connectivity index (χ1v) is 9.41. The topological polar surface area (TPSA) is 33.5 Å². The van der Waals surface area contributed by atoms with Gasteiger partial charge in [0.2, 0.25) is 0 Å². The van der Waals surface area contributed by atoms with Crippen molar-refractivity contribution in [1.82, 2.24) is 5.32 Å². The van der Waals surface area contributed by atoms with Crippen molar-refractivity contribution in [1.29, 1.82) is 0 Å². The van der Waals surface area contributed by atoms with Crippen molar-refractivity contribution in [3.05, 3.63) is 35.9 Å². The minimum Gasteiger partial charge on any atom is -0.348 e. The average Bonchev–Trinajstić information content (AvgIpc) is 3.09. The zero-order valence-electron chi connectivity index (χ0n) is 14.4. The second-order valence-electron chi connectivity index (χ2n) is 7.50. The minimum atomic E-state index is 0.105. The summed E-state index contributed by atoms with van der Waals surface area (Å²) in [6.07, 6.45) is 8.57. The molecule has 3 rings (SSSR count). The molecule has 1 aromatic carbocycles. The molecule has 1 aromatic rings. The van der Waals surface area contributed by atoms with Crippen LogP contribution in [0.1, 0.15) is 51.0 Å². The van der Waals surface area contributed by atoms with Gasteiger partial charge in [0.25, 0.3) is 5.91 Å². The van der Waals surface area contributed by atoms with Crippen LogP contribution in [0.15, 0.2) is 30.3 Å². The number of rotatable bonds is 5. The summed E-state index contributed by atoms with van der Waals surface area (Å²) in [6, 6.07) is 11.4. The number of amides is 1. The first-order valence-electron chi connectivity index (χ1n) is 9.41. The van der Waals surface area contributed by atoms with Crippen LogP contribution in [0.3, 0.4) is 0 Å². The van der Waals surface area contributed by atoms with Gasteiger partial charge in [0.15, 0.2) is 6.04 Å². The van der Waals surface area contributed by atoms with Crippen molar-refractivity contribution in [2.24, 2.45) is 5.92 Å². The Morgan fingerprint density at radius 2 is 1.78 bits per heavy atom. The predicted octanol–water partition coefficient (Wildman–Crippen LogP) is 1.97. The van der Waals surface area contributed by atoms with E-state index in [-0.39, 0.29) is 11.9 Å². The zero-order valence-corrected chi connectivity index (χ0v) is 14.4. The van der Waals surface area contributed by atoms with E-state index < -0.39 is 0 Å². The molecule has 1 atom stereocenters. The molecule has 1 saturated carbocycles. The Labute approximate surface area is 140 Å². The van der Waals surface area contributed by atoms with Gasteiger partial charge in [-0.2, -0.15) is 0 Å². The Hall–Kier alpha value is -1.35.